The Morgan fingerprint density at radius 1 is 0.957 bits per heavy atom. The van der Waals surface area contributed by atoms with Crippen molar-refractivity contribution in [2.45, 2.75) is 33.0 Å². The van der Waals surface area contributed by atoms with Gasteiger partial charge < -0.3 is 14.4 Å². The predicted molar refractivity (Wildman–Crippen MR) is 174 cm³/mol. The lowest BCUT2D eigenvalue weighted by atomic mass is 10.1. The van der Waals surface area contributed by atoms with Crippen LogP contribution in [0.2, 0.25) is 5.02 Å². The highest BCUT2D eigenvalue weighted by molar-refractivity contribution is 6.30. The van der Waals surface area contributed by atoms with E-state index in [0.29, 0.717) is 71.8 Å². The number of fused-ring (bicyclic) bond motifs is 1. The Morgan fingerprint density at radius 3 is 2.43 bits per heavy atom. The van der Waals surface area contributed by atoms with E-state index in [1.807, 2.05) is 13.8 Å². The number of ether oxygens (including phenoxy) is 2. The highest BCUT2D eigenvalue weighted by Gasteiger charge is 2.25. The van der Waals surface area contributed by atoms with Gasteiger partial charge in [-0.1, -0.05) is 11.6 Å². The maximum Gasteiger partial charge on any atom is 0.284 e. The van der Waals surface area contributed by atoms with Crippen LogP contribution in [-0.4, -0.2) is 89.9 Å². The smallest absolute Gasteiger partial charge is 0.284 e. The van der Waals surface area contributed by atoms with Crippen LogP contribution in [0.25, 0.3) is 16.7 Å². The minimum absolute atomic E-state index is 0.0656. The Labute approximate surface area is 275 Å². The van der Waals surface area contributed by atoms with Gasteiger partial charge in [-0.15, -0.1) is 0 Å². The zero-order valence-corrected chi connectivity index (χ0v) is 26.7. The van der Waals surface area contributed by atoms with E-state index in [-0.39, 0.29) is 42.0 Å². The van der Waals surface area contributed by atoms with E-state index in [4.69, 9.17) is 26.1 Å². The van der Waals surface area contributed by atoms with Crippen LogP contribution in [0.1, 0.15) is 30.0 Å². The second kappa shape index (κ2) is 14.1. The highest BCUT2D eigenvalue weighted by atomic mass is 35.5. The molecular formula is C33H33ClN8O5. The molecule has 1 fully saturated rings. The van der Waals surface area contributed by atoms with E-state index in [1.165, 1.54) is 21.8 Å². The molecule has 2 aromatic carbocycles. The maximum absolute atomic E-state index is 14.1. The Hall–Kier alpha value is -5.14. The fourth-order valence-electron chi connectivity index (χ4n) is 5.30. The summed E-state index contributed by atoms with van der Waals surface area (Å²) < 4.78 is 13.3. The van der Waals surface area contributed by atoms with Crippen LogP contribution in [0.4, 0.5) is 0 Å². The minimum atomic E-state index is -0.384. The van der Waals surface area contributed by atoms with Gasteiger partial charge in [-0.2, -0.15) is 15.0 Å². The summed E-state index contributed by atoms with van der Waals surface area (Å²) in [5.41, 5.74) is 1.01. The predicted octanol–water partition coefficient (Wildman–Crippen LogP) is 3.42. The zero-order chi connectivity index (χ0) is 32.9. The summed E-state index contributed by atoms with van der Waals surface area (Å²) >= 11 is 5.93. The molecule has 242 valence electrons. The number of amides is 1. The number of carbonyl (C=O) groups is 2. The SMILES string of the molecule is CC(C)Oc1ccc(C(=O)Cn2nccn2)cc1-n1c(CN2CCN(C(=O)COc3ccc(Cl)cc3)CC2)nc2cccnc2c1=O. The molecule has 1 amide bonds. The Bertz CT molecular complexity index is 1940. The average Bonchev–Trinajstić information content (AvgIpc) is 3.58. The van der Waals surface area contributed by atoms with Gasteiger partial charge in [0.2, 0.25) is 0 Å². The normalized spacial score (nSPS) is 13.7. The van der Waals surface area contributed by atoms with Gasteiger partial charge in [0.25, 0.3) is 11.5 Å². The second-order valence-electron chi connectivity index (χ2n) is 11.3. The molecule has 0 unspecified atom stereocenters. The number of rotatable bonds is 11. The van der Waals surface area contributed by atoms with Crippen LogP contribution in [0.15, 0.2) is 78.0 Å². The van der Waals surface area contributed by atoms with Crippen molar-refractivity contribution in [3.63, 3.8) is 0 Å². The van der Waals surface area contributed by atoms with Crippen LogP contribution in [-0.2, 0) is 17.9 Å². The summed E-state index contributed by atoms with van der Waals surface area (Å²) in [5.74, 6) is 1.09. The lowest BCUT2D eigenvalue weighted by Crippen LogP contribution is -2.50. The third-order valence-electron chi connectivity index (χ3n) is 7.60. The summed E-state index contributed by atoms with van der Waals surface area (Å²) in [7, 11) is 0. The highest BCUT2D eigenvalue weighted by Crippen LogP contribution is 2.27. The van der Waals surface area contributed by atoms with Gasteiger partial charge in [-0.05, 0) is 68.4 Å². The standard InChI is InChI=1S/C33H33ClN8O5/c1-22(2)47-29-10-5-23(28(43)19-41-36-12-13-37-41)18-27(29)42-30(38-26-4-3-11-35-32(26)33(42)45)20-39-14-16-40(17-15-39)31(44)21-46-25-8-6-24(34)7-9-25/h3-13,18,22H,14-17,19-21H2,1-2H3. The number of ketones is 1. The first-order valence-corrected chi connectivity index (χ1v) is 15.6. The first kappa shape index (κ1) is 31.8. The third-order valence-corrected chi connectivity index (χ3v) is 7.85. The molecule has 0 radical (unpaired) electrons. The van der Waals surface area contributed by atoms with Gasteiger partial charge in [0, 0.05) is 43.0 Å². The van der Waals surface area contributed by atoms with Crippen molar-refractivity contribution in [3.8, 4) is 17.2 Å². The summed E-state index contributed by atoms with van der Waals surface area (Å²) in [6, 6.07) is 15.3. The van der Waals surface area contributed by atoms with Crippen molar-refractivity contribution in [2.24, 2.45) is 0 Å². The molecule has 0 aliphatic carbocycles. The number of Topliss-reactive ketones (excluding diaryl/α,β-unsaturated/α-hetero) is 1. The summed E-state index contributed by atoms with van der Waals surface area (Å²) in [6.07, 6.45) is 4.35. The number of hydrogen-bond donors (Lipinski definition) is 0. The molecule has 0 bridgehead atoms. The summed E-state index contributed by atoms with van der Waals surface area (Å²) in [6.45, 7) is 6.00. The molecule has 13 nitrogen and oxygen atoms in total. The van der Waals surface area contributed by atoms with Crippen molar-refractivity contribution < 1.29 is 19.1 Å². The van der Waals surface area contributed by atoms with Crippen LogP contribution >= 0.6 is 11.6 Å². The van der Waals surface area contributed by atoms with Crippen molar-refractivity contribution in [3.05, 3.63) is 100.0 Å². The molecule has 6 rings (SSSR count). The first-order chi connectivity index (χ1) is 22.7. The lowest BCUT2D eigenvalue weighted by Gasteiger charge is -2.34. The number of piperazine rings is 1. The Morgan fingerprint density at radius 2 is 1.70 bits per heavy atom. The molecule has 3 aromatic heterocycles. The van der Waals surface area contributed by atoms with Crippen molar-refractivity contribution in [1.29, 1.82) is 0 Å². The van der Waals surface area contributed by atoms with E-state index >= 15 is 0 Å². The maximum atomic E-state index is 14.1. The first-order valence-electron chi connectivity index (χ1n) is 15.2. The topological polar surface area (TPSA) is 138 Å². The van der Waals surface area contributed by atoms with E-state index in [2.05, 4.69) is 20.1 Å². The van der Waals surface area contributed by atoms with Gasteiger partial charge in [-0.25, -0.2) is 9.97 Å². The molecule has 1 aliphatic heterocycles. The van der Waals surface area contributed by atoms with Gasteiger partial charge >= 0.3 is 0 Å². The number of pyridine rings is 1. The molecule has 0 atom stereocenters. The molecule has 1 saturated heterocycles. The molecule has 4 heterocycles. The molecular weight excluding hydrogens is 624 g/mol. The number of nitrogens with zero attached hydrogens (tertiary/aromatic N) is 8. The molecule has 47 heavy (non-hydrogen) atoms. The number of carbonyl (C=O) groups excluding carboxylic acids is 2. The van der Waals surface area contributed by atoms with Gasteiger partial charge in [0.15, 0.2) is 17.9 Å². The fraction of sp³-hybridized carbons (Fsp3) is 0.303. The van der Waals surface area contributed by atoms with Crippen LogP contribution in [0.3, 0.4) is 0 Å². The van der Waals surface area contributed by atoms with Crippen molar-refractivity contribution in [1.82, 2.24) is 39.3 Å². The van der Waals surface area contributed by atoms with Crippen molar-refractivity contribution in [2.75, 3.05) is 32.8 Å². The number of halogens is 1. The fourth-order valence-corrected chi connectivity index (χ4v) is 5.43. The molecule has 1 aliphatic rings. The van der Waals surface area contributed by atoms with Gasteiger partial charge in [0.1, 0.15) is 23.9 Å². The van der Waals surface area contributed by atoms with Crippen LogP contribution in [0.5, 0.6) is 11.5 Å². The molecule has 0 N–H and O–H groups in total. The van der Waals surface area contributed by atoms with E-state index in [0.717, 1.165) is 0 Å². The number of benzene rings is 2. The largest absolute Gasteiger partial charge is 0.489 e. The zero-order valence-electron chi connectivity index (χ0n) is 26.0. The molecule has 5 aromatic rings. The average molecular weight is 657 g/mol. The molecule has 0 saturated carbocycles. The van der Waals surface area contributed by atoms with E-state index in [1.54, 1.807) is 65.7 Å². The minimum Gasteiger partial charge on any atom is -0.489 e. The van der Waals surface area contributed by atoms with E-state index in [9.17, 15) is 14.4 Å². The Balaban J connectivity index is 1.27. The Kier molecular flexibility index (Phi) is 9.55. The van der Waals surface area contributed by atoms with E-state index < -0.39 is 0 Å². The summed E-state index contributed by atoms with van der Waals surface area (Å²) in [5, 5.41) is 8.66. The second-order valence-corrected chi connectivity index (χ2v) is 11.7. The number of hydrogen-bond acceptors (Lipinski definition) is 10. The summed E-state index contributed by atoms with van der Waals surface area (Å²) in [4.78, 5) is 54.6. The molecule has 14 heteroatoms. The van der Waals surface area contributed by atoms with Crippen LogP contribution < -0.4 is 15.0 Å². The van der Waals surface area contributed by atoms with Gasteiger partial charge in [0.05, 0.1) is 36.2 Å². The monoisotopic (exact) mass is 656 g/mol. The molecule has 0 spiro atoms. The van der Waals surface area contributed by atoms with Crippen LogP contribution in [0, 0.1) is 0 Å². The lowest BCUT2D eigenvalue weighted by molar-refractivity contribution is -0.135. The van der Waals surface area contributed by atoms with Gasteiger partial charge in [-0.3, -0.25) is 23.9 Å². The van der Waals surface area contributed by atoms with Crippen molar-refractivity contribution >= 4 is 34.3 Å². The number of aromatic nitrogens is 6. The third kappa shape index (κ3) is 7.47. The quantitative estimate of drug-likeness (QED) is 0.195.